The molecule has 0 atom stereocenters. The lowest BCUT2D eigenvalue weighted by Crippen LogP contribution is -1.95. The van der Waals surface area contributed by atoms with Gasteiger partial charge in [-0.3, -0.25) is 4.79 Å². The van der Waals surface area contributed by atoms with Crippen molar-refractivity contribution in [1.29, 1.82) is 0 Å². The van der Waals surface area contributed by atoms with Crippen LogP contribution in [0.4, 0.5) is 0 Å². The van der Waals surface area contributed by atoms with E-state index in [2.05, 4.69) is 31.0 Å². The molecule has 0 saturated heterocycles. The zero-order chi connectivity index (χ0) is 11.0. The van der Waals surface area contributed by atoms with Gasteiger partial charge in [0.15, 0.2) is 5.78 Å². The summed E-state index contributed by atoms with van der Waals surface area (Å²) in [5, 5.41) is 1.15. The van der Waals surface area contributed by atoms with Crippen molar-refractivity contribution in [2.75, 3.05) is 0 Å². The molecule has 1 heterocycles. The van der Waals surface area contributed by atoms with Crippen LogP contribution >= 0.6 is 0 Å². The first-order valence-electron chi connectivity index (χ1n) is 5.25. The Morgan fingerprint density at radius 2 is 2.00 bits per heavy atom. The number of ketones is 1. The standard InChI is InChI=1S/C13H15NO/c1-4-13(15)12-7-10-9(3)5-8(2)6-11(10)14-12/h5-7,14H,4H2,1-3H3. The van der Waals surface area contributed by atoms with E-state index < -0.39 is 0 Å². The molecule has 0 aliphatic rings. The van der Waals surface area contributed by atoms with Gasteiger partial charge in [-0.2, -0.15) is 0 Å². The zero-order valence-electron chi connectivity index (χ0n) is 9.35. The molecule has 0 aliphatic heterocycles. The SMILES string of the molecule is CCC(=O)c1cc2c(C)cc(C)cc2[nH]1. The molecule has 0 unspecified atom stereocenters. The van der Waals surface area contributed by atoms with E-state index in [0.717, 1.165) is 16.6 Å². The number of fused-ring (bicyclic) bond motifs is 1. The molecular formula is C13H15NO. The minimum Gasteiger partial charge on any atom is -0.352 e. The number of H-pyrrole nitrogens is 1. The minimum absolute atomic E-state index is 0.170. The second-order valence-electron chi connectivity index (χ2n) is 4.00. The number of hydrogen-bond acceptors (Lipinski definition) is 1. The van der Waals surface area contributed by atoms with Crippen LogP contribution in [-0.4, -0.2) is 10.8 Å². The van der Waals surface area contributed by atoms with Gasteiger partial charge >= 0.3 is 0 Å². The molecule has 2 heteroatoms. The number of carbonyl (C=O) groups excluding carboxylic acids is 1. The highest BCUT2D eigenvalue weighted by Crippen LogP contribution is 2.21. The van der Waals surface area contributed by atoms with Crippen molar-refractivity contribution in [3.05, 3.63) is 35.0 Å². The lowest BCUT2D eigenvalue weighted by molar-refractivity contribution is 0.0984. The summed E-state index contributed by atoms with van der Waals surface area (Å²) >= 11 is 0. The quantitative estimate of drug-likeness (QED) is 0.742. The molecule has 1 aromatic heterocycles. The third-order valence-electron chi connectivity index (χ3n) is 2.71. The molecule has 0 saturated carbocycles. The summed E-state index contributed by atoms with van der Waals surface area (Å²) in [7, 11) is 0. The van der Waals surface area contributed by atoms with Gasteiger partial charge in [0.05, 0.1) is 5.69 Å². The number of nitrogens with one attached hydrogen (secondary N) is 1. The number of Topliss-reactive ketones (excluding diaryl/α,β-unsaturated/α-hetero) is 1. The third-order valence-corrected chi connectivity index (χ3v) is 2.71. The van der Waals surface area contributed by atoms with E-state index >= 15 is 0 Å². The Hall–Kier alpha value is -1.57. The maximum atomic E-state index is 11.5. The van der Waals surface area contributed by atoms with Crippen molar-refractivity contribution in [3.8, 4) is 0 Å². The largest absolute Gasteiger partial charge is 0.352 e. The number of rotatable bonds is 2. The van der Waals surface area contributed by atoms with Crippen molar-refractivity contribution in [2.24, 2.45) is 0 Å². The van der Waals surface area contributed by atoms with Crippen molar-refractivity contribution in [2.45, 2.75) is 27.2 Å². The Morgan fingerprint density at radius 3 is 2.67 bits per heavy atom. The van der Waals surface area contributed by atoms with Crippen molar-refractivity contribution < 1.29 is 4.79 Å². The lowest BCUT2D eigenvalue weighted by atomic mass is 10.1. The molecule has 0 spiro atoms. The molecule has 0 bridgehead atoms. The van der Waals surface area contributed by atoms with E-state index in [1.165, 1.54) is 11.1 Å². The summed E-state index contributed by atoms with van der Waals surface area (Å²) in [5.74, 6) is 0.170. The van der Waals surface area contributed by atoms with E-state index in [4.69, 9.17) is 0 Å². The summed E-state index contributed by atoms with van der Waals surface area (Å²) in [6.07, 6.45) is 0.546. The van der Waals surface area contributed by atoms with Gasteiger partial charge in [-0.15, -0.1) is 0 Å². The summed E-state index contributed by atoms with van der Waals surface area (Å²) in [4.78, 5) is 14.7. The highest BCUT2D eigenvalue weighted by atomic mass is 16.1. The van der Waals surface area contributed by atoms with Gasteiger partial charge in [-0.1, -0.05) is 13.0 Å². The van der Waals surface area contributed by atoms with Crippen molar-refractivity contribution >= 4 is 16.7 Å². The number of carbonyl (C=O) groups is 1. The van der Waals surface area contributed by atoms with Gasteiger partial charge in [-0.05, 0) is 37.1 Å². The Bertz CT molecular complexity index is 523. The summed E-state index contributed by atoms with van der Waals surface area (Å²) in [6.45, 7) is 6.02. The molecule has 15 heavy (non-hydrogen) atoms. The van der Waals surface area contributed by atoms with Crippen LogP contribution in [0.25, 0.3) is 10.9 Å². The third kappa shape index (κ3) is 1.67. The number of aromatic amines is 1. The van der Waals surface area contributed by atoms with Crippen LogP contribution in [-0.2, 0) is 0 Å². The predicted octanol–water partition coefficient (Wildman–Crippen LogP) is 3.38. The number of aromatic nitrogens is 1. The van der Waals surface area contributed by atoms with E-state index in [1.54, 1.807) is 0 Å². The highest BCUT2D eigenvalue weighted by molar-refractivity contribution is 6.00. The Labute approximate surface area is 89.3 Å². The van der Waals surface area contributed by atoms with Crippen LogP contribution in [0.3, 0.4) is 0 Å². The van der Waals surface area contributed by atoms with Gasteiger partial charge in [0.2, 0.25) is 0 Å². The Morgan fingerprint density at radius 1 is 1.27 bits per heavy atom. The first-order chi connectivity index (χ1) is 7.11. The molecule has 1 aromatic carbocycles. The molecule has 1 N–H and O–H groups in total. The fraction of sp³-hybridized carbons (Fsp3) is 0.308. The molecule has 78 valence electrons. The molecule has 2 aromatic rings. The van der Waals surface area contributed by atoms with Crippen molar-refractivity contribution in [1.82, 2.24) is 4.98 Å². The zero-order valence-corrected chi connectivity index (χ0v) is 9.35. The lowest BCUT2D eigenvalue weighted by Gasteiger charge is -1.97. The summed E-state index contributed by atoms with van der Waals surface area (Å²) < 4.78 is 0. The monoisotopic (exact) mass is 201 g/mol. The average molecular weight is 201 g/mol. The van der Waals surface area contributed by atoms with Crippen LogP contribution in [0.2, 0.25) is 0 Å². The predicted molar refractivity (Wildman–Crippen MR) is 62.4 cm³/mol. The smallest absolute Gasteiger partial charge is 0.178 e. The van der Waals surface area contributed by atoms with Gasteiger partial charge in [0, 0.05) is 17.3 Å². The maximum Gasteiger partial charge on any atom is 0.178 e. The molecule has 0 fully saturated rings. The normalized spacial score (nSPS) is 10.9. The molecule has 2 nitrogen and oxygen atoms in total. The second-order valence-corrected chi connectivity index (χ2v) is 4.00. The fourth-order valence-corrected chi connectivity index (χ4v) is 1.94. The van der Waals surface area contributed by atoms with Crippen LogP contribution < -0.4 is 0 Å². The molecule has 0 radical (unpaired) electrons. The van der Waals surface area contributed by atoms with Crippen LogP contribution in [0.1, 0.15) is 35.0 Å². The molecular weight excluding hydrogens is 186 g/mol. The van der Waals surface area contributed by atoms with Gasteiger partial charge in [-0.25, -0.2) is 0 Å². The van der Waals surface area contributed by atoms with E-state index in [-0.39, 0.29) is 5.78 Å². The van der Waals surface area contributed by atoms with E-state index in [1.807, 2.05) is 13.0 Å². The first-order valence-corrected chi connectivity index (χ1v) is 5.25. The second kappa shape index (κ2) is 3.54. The van der Waals surface area contributed by atoms with Crippen LogP contribution in [0.5, 0.6) is 0 Å². The van der Waals surface area contributed by atoms with E-state index in [9.17, 15) is 4.79 Å². The molecule has 0 aliphatic carbocycles. The first kappa shape index (κ1) is 9.97. The minimum atomic E-state index is 0.170. The Balaban J connectivity index is 2.65. The van der Waals surface area contributed by atoms with Gasteiger partial charge in [0.25, 0.3) is 0 Å². The molecule has 0 amide bonds. The summed E-state index contributed by atoms with van der Waals surface area (Å²) in [5.41, 5.74) is 4.22. The van der Waals surface area contributed by atoms with E-state index in [0.29, 0.717) is 6.42 Å². The highest BCUT2D eigenvalue weighted by Gasteiger charge is 2.08. The summed E-state index contributed by atoms with van der Waals surface area (Å²) in [6, 6.07) is 6.17. The fourth-order valence-electron chi connectivity index (χ4n) is 1.94. The van der Waals surface area contributed by atoms with Crippen LogP contribution in [0, 0.1) is 13.8 Å². The average Bonchev–Trinajstić information content (AvgIpc) is 2.60. The molecule has 2 rings (SSSR count). The Kier molecular flexibility index (Phi) is 2.35. The van der Waals surface area contributed by atoms with Gasteiger partial charge in [0.1, 0.15) is 0 Å². The number of benzene rings is 1. The number of hydrogen-bond donors (Lipinski definition) is 1. The van der Waals surface area contributed by atoms with Crippen molar-refractivity contribution in [3.63, 3.8) is 0 Å². The topological polar surface area (TPSA) is 32.9 Å². The maximum absolute atomic E-state index is 11.5. The van der Waals surface area contributed by atoms with Gasteiger partial charge < -0.3 is 4.98 Å². The number of aryl methyl sites for hydroxylation is 2. The van der Waals surface area contributed by atoms with Crippen LogP contribution in [0.15, 0.2) is 18.2 Å².